The average molecular weight is 284 g/mol. The molecule has 1 aromatic carbocycles. The maximum atomic E-state index is 9.34. The number of nitrogens with one attached hydrogen (secondary N) is 1. The van der Waals surface area contributed by atoms with E-state index < -0.39 is 0 Å². The quantitative estimate of drug-likeness (QED) is 0.871. The van der Waals surface area contributed by atoms with Gasteiger partial charge in [-0.3, -0.25) is 0 Å². The molecule has 0 bridgehead atoms. The first kappa shape index (κ1) is 12.1. The minimum atomic E-state index is -0.00401. The molecule has 2 rings (SSSR count). The van der Waals surface area contributed by atoms with Gasteiger partial charge < -0.3 is 10.4 Å². The van der Waals surface area contributed by atoms with Crippen LogP contribution in [0.3, 0.4) is 0 Å². The molecule has 1 aliphatic rings. The van der Waals surface area contributed by atoms with Crippen LogP contribution in [-0.4, -0.2) is 17.3 Å². The van der Waals surface area contributed by atoms with E-state index in [1.165, 1.54) is 5.56 Å². The fraction of sp³-hybridized carbons (Fsp3) is 0.538. The van der Waals surface area contributed by atoms with Crippen LogP contribution in [-0.2, 0) is 0 Å². The molecule has 0 saturated heterocycles. The van der Waals surface area contributed by atoms with Gasteiger partial charge in [-0.25, -0.2) is 0 Å². The predicted molar refractivity (Wildman–Crippen MR) is 69.4 cm³/mol. The zero-order valence-electron chi connectivity index (χ0n) is 9.54. The zero-order chi connectivity index (χ0) is 11.6. The average Bonchev–Trinajstić information content (AvgIpc) is 3.08. The summed E-state index contributed by atoms with van der Waals surface area (Å²) in [6.45, 7) is 2.42. The van der Waals surface area contributed by atoms with E-state index in [0.717, 1.165) is 23.7 Å². The highest BCUT2D eigenvalue weighted by Gasteiger charge is 2.43. The molecule has 1 saturated carbocycles. The Labute approximate surface area is 105 Å². The zero-order valence-corrected chi connectivity index (χ0v) is 11.1. The van der Waals surface area contributed by atoms with Crippen molar-refractivity contribution in [2.24, 2.45) is 0 Å². The summed E-state index contributed by atoms with van der Waals surface area (Å²) in [6.07, 6.45) is 3.21. The number of benzene rings is 1. The lowest BCUT2D eigenvalue weighted by molar-refractivity contribution is 0.217. The minimum Gasteiger partial charge on any atom is -0.394 e. The molecule has 0 radical (unpaired) electrons. The van der Waals surface area contributed by atoms with Crippen molar-refractivity contribution in [2.45, 2.75) is 37.8 Å². The van der Waals surface area contributed by atoms with Gasteiger partial charge in [0.2, 0.25) is 0 Å². The molecular formula is C13H18BrNO. The van der Waals surface area contributed by atoms with Crippen molar-refractivity contribution < 1.29 is 5.11 Å². The molecular weight excluding hydrogens is 266 g/mol. The fourth-order valence-electron chi connectivity index (χ4n) is 2.03. The third kappa shape index (κ3) is 2.47. The molecule has 0 heterocycles. The molecule has 16 heavy (non-hydrogen) atoms. The highest BCUT2D eigenvalue weighted by atomic mass is 79.9. The van der Waals surface area contributed by atoms with Crippen molar-refractivity contribution in [3.63, 3.8) is 0 Å². The van der Waals surface area contributed by atoms with Crippen LogP contribution >= 0.6 is 15.9 Å². The van der Waals surface area contributed by atoms with E-state index in [1.54, 1.807) is 0 Å². The molecule has 1 aliphatic carbocycles. The molecule has 1 unspecified atom stereocenters. The van der Waals surface area contributed by atoms with Crippen LogP contribution in [0.15, 0.2) is 28.7 Å². The first-order valence-electron chi connectivity index (χ1n) is 5.84. The van der Waals surface area contributed by atoms with Gasteiger partial charge in [0.15, 0.2) is 0 Å². The van der Waals surface area contributed by atoms with Crippen LogP contribution in [0.1, 0.15) is 37.8 Å². The Balaban J connectivity index is 2.14. The highest BCUT2D eigenvalue weighted by molar-refractivity contribution is 9.10. The van der Waals surface area contributed by atoms with Gasteiger partial charge in [0.25, 0.3) is 0 Å². The van der Waals surface area contributed by atoms with Crippen LogP contribution in [0.5, 0.6) is 0 Å². The number of aliphatic hydroxyl groups excluding tert-OH is 1. The Morgan fingerprint density at radius 2 is 2.12 bits per heavy atom. The molecule has 2 N–H and O–H groups in total. The van der Waals surface area contributed by atoms with E-state index in [1.807, 2.05) is 6.07 Å². The van der Waals surface area contributed by atoms with Crippen molar-refractivity contribution >= 4 is 15.9 Å². The third-order valence-electron chi connectivity index (χ3n) is 3.33. The second-order valence-corrected chi connectivity index (χ2v) is 5.42. The summed E-state index contributed by atoms with van der Waals surface area (Å²) in [6, 6.07) is 8.62. The van der Waals surface area contributed by atoms with E-state index >= 15 is 0 Å². The summed E-state index contributed by atoms with van der Waals surface area (Å²) in [4.78, 5) is 0. The second kappa shape index (κ2) is 4.86. The fourth-order valence-corrected chi connectivity index (χ4v) is 2.59. The summed E-state index contributed by atoms with van der Waals surface area (Å²) in [5.74, 6) is 0. The van der Waals surface area contributed by atoms with Crippen molar-refractivity contribution in [3.8, 4) is 0 Å². The molecule has 1 aromatic rings. The lowest BCUT2D eigenvalue weighted by Gasteiger charge is -2.24. The summed E-state index contributed by atoms with van der Waals surface area (Å²) in [5.41, 5.74) is 1.28. The van der Waals surface area contributed by atoms with E-state index in [9.17, 15) is 5.11 Å². The van der Waals surface area contributed by atoms with Crippen LogP contribution in [0.2, 0.25) is 0 Å². The minimum absolute atomic E-state index is 0.00401. The summed E-state index contributed by atoms with van der Waals surface area (Å²) >= 11 is 3.59. The van der Waals surface area contributed by atoms with Gasteiger partial charge in [0, 0.05) is 16.1 Å². The molecule has 0 aromatic heterocycles. The topological polar surface area (TPSA) is 32.3 Å². The maximum Gasteiger partial charge on any atom is 0.0613 e. The monoisotopic (exact) mass is 283 g/mol. The maximum absolute atomic E-state index is 9.34. The standard InChI is InChI=1S/C13H18BrNO/c1-2-12(15-13(9-16)7-8-13)10-5-3-4-6-11(10)14/h3-6,12,15-16H,2,7-9H2,1H3. The Hall–Kier alpha value is -0.380. The lowest BCUT2D eigenvalue weighted by atomic mass is 10.0. The number of halogens is 1. The van der Waals surface area contributed by atoms with Crippen molar-refractivity contribution in [1.29, 1.82) is 0 Å². The van der Waals surface area contributed by atoms with Gasteiger partial charge in [-0.15, -0.1) is 0 Å². The van der Waals surface area contributed by atoms with Crippen molar-refractivity contribution in [3.05, 3.63) is 34.3 Å². The second-order valence-electron chi connectivity index (χ2n) is 4.57. The molecule has 88 valence electrons. The summed E-state index contributed by atoms with van der Waals surface area (Å²) < 4.78 is 1.14. The lowest BCUT2D eigenvalue weighted by Crippen LogP contribution is -2.37. The van der Waals surface area contributed by atoms with Gasteiger partial charge in [-0.05, 0) is 30.9 Å². The molecule has 0 amide bonds. The van der Waals surface area contributed by atoms with E-state index in [2.05, 4.69) is 46.4 Å². The van der Waals surface area contributed by atoms with Gasteiger partial charge >= 0.3 is 0 Å². The normalized spacial score (nSPS) is 19.4. The number of aliphatic hydroxyl groups is 1. The third-order valence-corrected chi connectivity index (χ3v) is 4.05. The van der Waals surface area contributed by atoms with Crippen LogP contribution in [0, 0.1) is 0 Å². The number of hydrogen-bond donors (Lipinski definition) is 2. The van der Waals surface area contributed by atoms with Crippen molar-refractivity contribution in [1.82, 2.24) is 5.32 Å². The summed E-state index contributed by atoms with van der Waals surface area (Å²) in [7, 11) is 0. The van der Waals surface area contributed by atoms with Gasteiger partial charge in [0.05, 0.1) is 6.61 Å². The Morgan fingerprint density at radius 1 is 1.44 bits per heavy atom. The van der Waals surface area contributed by atoms with E-state index in [-0.39, 0.29) is 12.1 Å². The van der Waals surface area contributed by atoms with Gasteiger partial charge in [-0.2, -0.15) is 0 Å². The summed E-state index contributed by atoms with van der Waals surface area (Å²) in [5, 5.41) is 12.9. The smallest absolute Gasteiger partial charge is 0.0613 e. The Bertz CT molecular complexity index is 363. The Morgan fingerprint density at radius 3 is 2.62 bits per heavy atom. The number of rotatable bonds is 5. The highest BCUT2D eigenvalue weighted by Crippen LogP contribution is 2.38. The molecule has 1 fully saturated rings. The first-order chi connectivity index (χ1) is 7.71. The van der Waals surface area contributed by atoms with Crippen LogP contribution in [0.4, 0.5) is 0 Å². The van der Waals surface area contributed by atoms with Gasteiger partial charge in [-0.1, -0.05) is 41.1 Å². The van der Waals surface area contributed by atoms with Crippen LogP contribution in [0.25, 0.3) is 0 Å². The Kier molecular flexibility index (Phi) is 3.67. The molecule has 1 atom stereocenters. The number of hydrogen-bond acceptors (Lipinski definition) is 2. The van der Waals surface area contributed by atoms with Gasteiger partial charge in [0.1, 0.15) is 0 Å². The van der Waals surface area contributed by atoms with E-state index in [0.29, 0.717) is 6.04 Å². The molecule has 3 heteroatoms. The predicted octanol–water partition coefficient (Wildman–Crippen LogP) is 3.01. The first-order valence-corrected chi connectivity index (χ1v) is 6.63. The van der Waals surface area contributed by atoms with E-state index in [4.69, 9.17) is 0 Å². The van der Waals surface area contributed by atoms with Crippen molar-refractivity contribution in [2.75, 3.05) is 6.61 Å². The molecule has 0 spiro atoms. The molecule has 2 nitrogen and oxygen atoms in total. The largest absolute Gasteiger partial charge is 0.394 e. The van der Waals surface area contributed by atoms with Crippen LogP contribution < -0.4 is 5.32 Å². The SMILES string of the molecule is CCC(NC1(CO)CC1)c1ccccc1Br. The molecule has 0 aliphatic heterocycles.